The van der Waals surface area contributed by atoms with Crippen LogP contribution in [-0.4, -0.2) is 28.9 Å². The molecule has 1 fully saturated rings. The highest BCUT2D eigenvalue weighted by molar-refractivity contribution is 6.41. The number of hydrazone groups is 1. The van der Waals surface area contributed by atoms with E-state index in [2.05, 4.69) is 10.4 Å². The molecule has 1 aliphatic heterocycles. The Bertz CT molecular complexity index is 999. The molecule has 0 bridgehead atoms. The molecular weight excluding hydrogens is 440 g/mol. The first kappa shape index (κ1) is 22.1. The predicted molar refractivity (Wildman–Crippen MR) is 121 cm³/mol. The second-order valence-corrected chi connectivity index (χ2v) is 8.99. The van der Waals surface area contributed by atoms with Crippen molar-refractivity contribution in [3.63, 3.8) is 0 Å². The molecule has 0 spiro atoms. The Morgan fingerprint density at radius 1 is 1.16 bits per heavy atom. The largest absolute Gasteiger partial charge is 0.391 e. The maximum Gasteiger partial charge on any atom is 0.268 e. The first-order valence-electron chi connectivity index (χ1n) is 10.4. The molecule has 1 saturated carbocycles. The summed E-state index contributed by atoms with van der Waals surface area (Å²) in [7, 11) is 0. The summed E-state index contributed by atoms with van der Waals surface area (Å²) >= 11 is 12.5. The van der Waals surface area contributed by atoms with E-state index in [-0.39, 0.29) is 29.7 Å². The smallest absolute Gasteiger partial charge is 0.268 e. The molecule has 0 unspecified atom stereocenters. The number of rotatable bonds is 4. The van der Waals surface area contributed by atoms with E-state index in [1.807, 2.05) is 6.92 Å². The summed E-state index contributed by atoms with van der Waals surface area (Å²) in [5.41, 5.74) is 1.76. The Balaban J connectivity index is 1.68. The summed E-state index contributed by atoms with van der Waals surface area (Å²) in [5, 5.41) is 20.4. The number of hydrogen-bond acceptors (Lipinski definition) is 4. The highest BCUT2D eigenvalue weighted by atomic mass is 35.5. The number of nitrogens with zero attached hydrogens (tertiary/aromatic N) is 2. The lowest BCUT2D eigenvalue weighted by molar-refractivity contribution is -0.116. The van der Waals surface area contributed by atoms with Crippen molar-refractivity contribution >= 4 is 40.5 Å². The molecule has 2 aromatic carbocycles. The van der Waals surface area contributed by atoms with Crippen molar-refractivity contribution in [1.29, 1.82) is 0 Å². The van der Waals surface area contributed by atoms with Gasteiger partial charge < -0.3 is 10.4 Å². The van der Waals surface area contributed by atoms with E-state index in [1.165, 1.54) is 12.1 Å². The minimum Gasteiger partial charge on any atom is -0.391 e. The zero-order chi connectivity index (χ0) is 22.1. The summed E-state index contributed by atoms with van der Waals surface area (Å²) in [6.45, 7) is 1.91. The highest BCUT2D eigenvalue weighted by Crippen LogP contribution is 2.42. The molecule has 0 aromatic heterocycles. The molecule has 0 saturated heterocycles. The predicted octanol–water partition coefficient (Wildman–Crippen LogP) is 5.11. The van der Waals surface area contributed by atoms with Gasteiger partial charge in [0.2, 0.25) is 0 Å². The quantitative estimate of drug-likeness (QED) is 0.662. The van der Waals surface area contributed by atoms with Gasteiger partial charge in [-0.1, -0.05) is 55.1 Å². The van der Waals surface area contributed by atoms with Crippen LogP contribution in [0.5, 0.6) is 0 Å². The minimum atomic E-state index is -0.551. The van der Waals surface area contributed by atoms with Gasteiger partial charge in [0.15, 0.2) is 0 Å². The second-order valence-electron chi connectivity index (χ2n) is 8.14. The zero-order valence-electron chi connectivity index (χ0n) is 17.1. The van der Waals surface area contributed by atoms with Crippen molar-refractivity contribution in [1.82, 2.24) is 5.32 Å². The van der Waals surface area contributed by atoms with Crippen molar-refractivity contribution in [3.05, 3.63) is 63.9 Å². The first-order chi connectivity index (χ1) is 14.8. The molecule has 0 radical (unpaired) electrons. The van der Waals surface area contributed by atoms with E-state index in [9.17, 15) is 14.3 Å². The number of carbonyl (C=O) groups excluding carboxylic acids is 1. The van der Waals surface area contributed by atoms with Crippen molar-refractivity contribution in [2.75, 3.05) is 5.01 Å². The zero-order valence-corrected chi connectivity index (χ0v) is 18.6. The van der Waals surface area contributed by atoms with Crippen molar-refractivity contribution in [3.8, 4) is 0 Å². The number of nitrogens with one attached hydrogen (secondary N) is 1. The maximum atomic E-state index is 13.5. The molecule has 8 heteroatoms. The van der Waals surface area contributed by atoms with Gasteiger partial charge in [0, 0.05) is 10.9 Å². The molecule has 4 rings (SSSR count). The fourth-order valence-electron chi connectivity index (χ4n) is 4.37. The lowest BCUT2D eigenvalue weighted by atomic mass is 9.89. The molecule has 2 N–H and O–H groups in total. The SMILES string of the molecule is C[C@@H]1C(C(=O)N[C@@H]2CCCC[C@H]2O)=NN(c2ccc(Cl)cc2Cl)[C@@H]1c1ccc(F)cc1. The van der Waals surface area contributed by atoms with Crippen LogP contribution in [0.15, 0.2) is 47.6 Å². The molecule has 2 aliphatic rings. The number of hydrogen-bond donors (Lipinski definition) is 2. The Morgan fingerprint density at radius 2 is 1.87 bits per heavy atom. The number of aliphatic hydroxyl groups excluding tert-OH is 1. The van der Waals surface area contributed by atoms with Gasteiger partial charge in [0.1, 0.15) is 11.5 Å². The van der Waals surface area contributed by atoms with Crippen molar-refractivity contribution < 1.29 is 14.3 Å². The van der Waals surface area contributed by atoms with E-state index in [4.69, 9.17) is 23.2 Å². The maximum absolute atomic E-state index is 13.5. The number of halogens is 3. The second kappa shape index (κ2) is 9.15. The average molecular weight is 464 g/mol. The van der Waals surface area contributed by atoms with Gasteiger partial charge in [-0.25, -0.2) is 4.39 Å². The normalized spacial score (nSPS) is 26.0. The van der Waals surface area contributed by atoms with Crippen LogP contribution in [0, 0.1) is 11.7 Å². The molecule has 5 nitrogen and oxygen atoms in total. The van der Waals surface area contributed by atoms with E-state index in [0.717, 1.165) is 24.8 Å². The molecule has 1 heterocycles. The van der Waals surface area contributed by atoms with Crippen LogP contribution >= 0.6 is 23.2 Å². The molecule has 31 heavy (non-hydrogen) atoms. The number of carbonyl (C=O) groups is 1. The molecule has 2 aromatic rings. The third-order valence-corrected chi connectivity index (χ3v) is 6.57. The van der Waals surface area contributed by atoms with Gasteiger partial charge in [-0.05, 0) is 48.7 Å². The monoisotopic (exact) mass is 463 g/mol. The van der Waals surface area contributed by atoms with E-state index < -0.39 is 6.10 Å². The Kier molecular flexibility index (Phi) is 6.51. The van der Waals surface area contributed by atoms with Crippen LogP contribution in [0.25, 0.3) is 0 Å². The van der Waals surface area contributed by atoms with E-state index in [0.29, 0.717) is 27.9 Å². The molecule has 164 valence electrons. The Morgan fingerprint density at radius 3 is 2.55 bits per heavy atom. The highest BCUT2D eigenvalue weighted by Gasteiger charge is 2.41. The summed E-state index contributed by atoms with van der Waals surface area (Å²) in [6.07, 6.45) is 2.79. The standard InChI is InChI=1S/C23H24Cl2FN3O2/c1-13-21(23(31)27-18-4-2-3-5-20(18)30)28-29(19-11-8-15(24)12-17(19)25)22(13)14-6-9-16(26)10-7-14/h6-13,18,20,22,30H,2-5H2,1H3,(H,27,31)/t13-,18-,20-,22+/m1/s1. The minimum absolute atomic E-state index is 0.284. The van der Waals surface area contributed by atoms with E-state index >= 15 is 0 Å². The third kappa shape index (κ3) is 4.56. The summed E-state index contributed by atoms with van der Waals surface area (Å²) in [4.78, 5) is 13.1. The summed E-state index contributed by atoms with van der Waals surface area (Å²) in [5.74, 6) is -0.938. The Labute approximate surface area is 190 Å². The molecule has 1 amide bonds. The van der Waals surface area contributed by atoms with Gasteiger partial charge in [-0.2, -0.15) is 5.10 Å². The van der Waals surface area contributed by atoms with Crippen LogP contribution in [0.4, 0.5) is 10.1 Å². The number of anilines is 1. The lowest BCUT2D eigenvalue weighted by Crippen LogP contribution is -2.48. The van der Waals surface area contributed by atoms with Crippen LogP contribution in [0.2, 0.25) is 10.0 Å². The van der Waals surface area contributed by atoms with Crippen LogP contribution in [-0.2, 0) is 4.79 Å². The van der Waals surface area contributed by atoms with Crippen LogP contribution in [0.3, 0.4) is 0 Å². The molecule has 1 aliphatic carbocycles. The molecule has 4 atom stereocenters. The van der Waals surface area contributed by atoms with Crippen molar-refractivity contribution in [2.45, 2.75) is 50.8 Å². The third-order valence-electron chi connectivity index (χ3n) is 6.03. The van der Waals surface area contributed by atoms with Crippen LogP contribution < -0.4 is 10.3 Å². The van der Waals surface area contributed by atoms with Gasteiger partial charge in [0.05, 0.1) is 28.9 Å². The number of benzene rings is 2. The summed E-state index contributed by atoms with van der Waals surface area (Å²) < 4.78 is 13.5. The van der Waals surface area contributed by atoms with Gasteiger partial charge >= 0.3 is 0 Å². The topological polar surface area (TPSA) is 64.9 Å². The van der Waals surface area contributed by atoms with Gasteiger partial charge in [-0.3, -0.25) is 9.80 Å². The lowest BCUT2D eigenvalue weighted by Gasteiger charge is -2.29. The number of amides is 1. The Hall–Kier alpha value is -2.15. The van der Waals surface area contributed by atoms with Gasteiger partial charge in [0.25, 0.3) is 5.91 Å². The van der Waals surface area contributed by atoms with E-state index in [1.54, 1.807) is 35.3 Å². The molecular formula is C23H24Cl2FN3O2. The fourth-order valence-corrected chi connectivity index (χ4v) is 4.86. The summed E-state index contributed by atoms with van der Waals surface area (Å²) in [6, 6.07) is 10.6. The van der Waals surface area contributed by atoms with Crippen molar-refractivity contribution in [2.24, 2.45) is 11.0 Å². The average Bonchev–Trinajstić information content (AvgIpc) is 3.07. The van der Waals surface area contributed by atoms with Gasteiger partial charge in [-0.15, -0.1) is 0 Å². The first-order valence-corrected chi connectivity index (χ1v) is 11.2. The van der Waals surface area contributed by atoms with Crippen LogP contribution in [0.1, 0.15) is 44.2 Å². The fraction of sp³-hybridized carbons (Fsp3) is 0.391. The number of aliphatic hydroxyl groups is 1.